The van der Waals surface area contributed by atoms with Crippen molar-refractivity contribution in [3.8, 4) is 0 Å². The zero-order chi connectivity index (χ0) is 26.6. The van der Waals surface area contributed by atoms with Crippen molar-refractivity contribution in [2.45, 2.75) is 57.8 Å². The minimum absolute atomic E-state index is 0.0130. The van der Waals surface area contributed by atoms with Crippen LogP contribution in [0.3, 0.4) is 0 Å². The Morgan fingerprint density at radius 3 is 2.43 bits per heavy atom. The molecule has 2 aromatic rings. The highest BCUT2D eigenvalue weighted by Crippen LogP contribution is 2.30. The van der Waals surface area contributed by atoms with Crippen LogP contribution >= 0.6 is 0 Å². The molecule has 0 saturated carbocycles. The van der Waals surface area contributed by atoms with Gasteiger partial charge in [-0.3, -0.25) is 9.59 Å². The largest absolute Gasteiger partial charge is 0.456 e. The van der Waals surface area contributed by atoms with Crippen LogP contribution in [0.1, 0.15) is 47.6 Å². The van der Waals surface area contributed by atoms with Crippen LogP contribution in [-0.4, -0.2) is 37.4 Å². The van der Waals surface area contributed by atoms with Crippen LogP contribution in [0.25, 0.3) is 0 Å². The smallest absolute Gasteiger partial charge is 0.416 e. The van der Waals surface area contributed by atoms with Crippen molar-refractivity contribution in [1.82, 2.24) is 9.29 Å². The summed E-state index contributed by atoms with van der Waals surface area (Å²) in [7, 11) is -4.49. The lowest BCUT2D eigenvalue weighted by Gasteiger charge is -2.19. The Bertz CT molecular complexity index is 1200. The number of carbonyl (C=O) groups is 2. The van der Waals surface area contributed by atoms with E-state index in [9.17, 15) is 31.2 Å². The molecule has 1 aromatic heterocycles. The lowest BCUT2D eigenvalue weighted by atomic mass is 10.0. The molecule has 1 heterocycles. The molecule has 1 aromatic carbocycles. The Hall–Kier alpha value is -2.92. The number of carbonyl (C=O) groups excluding carboxylic acids is 2. The number of benzene rings is 1. The van der Waals surface area contributed by atoms with Crippen LogP contribution in [0.15, 0.2) is 47.9 Å². The number of sulfonamides is 1. The van der Waals surface area contributed by atoms with E-state index in [1.165, 1.54) is 0 Å². The van der Waals surface area contributed by atoms with Gasteiger partial charge in [0.15, 0.2) is 6.61 Å². The van der Waals surface area contributed by atoms with Gasteiger partial charge in [-0.25, -0.2) is 8.42 Å². The molecule has 1 unspecified atom stereocenters. The van der Waals surface area contributed by atoms with E-state index in [0.29, 0.717) is 23.9 Å². The molecule has 0 radical (unpaired) electrons. The third kappa shape index (κ3) is 7.28. The first-order valence-electron chi connectivity index (χ1n) is 10.8. The van der Waals surface area contributed by atoms with Gasteiger partial charge in [0.2, 0.25) is 15.8 Å². The number of Topliss-reactive ketones (excluding diaryl/α,β-unsaturated/α-hetero) is 1. The number of hydrogen-bond acceptors (Lipinski definition) is 5. The van der Waals surface area contributed by atoms with E-state index in [0.717, 1.165) is 23.9 Å². The van der Waals surface area contributed by atoms with Crippen molar-refractivity contribution >= 4 is 21.8 Å². The minimum Gasteiger partial charge on any atom is -0.456 e. The fourth-order valence-electron chi connectivity index (χ4n) is 3.57. The van der Waals surface area contributed by atoms with Gasteiger partial charge in [-0.2, -0.15) is 17.9 Å². The second kappa shape index (κ2) is 11.2. The molecule has 0 bridgehead atoms. The van der Waals surface area contributed by atoms with Crippen molar-refractivity contribution in [1.29, 1.82) is 0 Å². The van der Waals surface area contributed by atoms with Crippen molar-refractivity contribution in [2.24, 2.45) is 5.92 Å². The van der Waals surface area contributed by atoms with Gasteiger partial charge in [-0.15, -0.1) is 6.58 Å². The molecule has 192 valence electrons. The minimum atomic E-state index is -4.73. The Morgan fingerprint density at radius 2 is 1.86 bits per heavy atom. The second-order valence-electron chi connectivity index (χ2n) is 8.54. The van der Waals surface area contributed by atoms with E-state index < -0.39 is 51.1 Å². The maximum atomic E-state index is 13.0. The summed E-state index contributed by atoms with van der Waals surface area (Å²) in [6, 6.07) is 3.47. The van der Waals surface area contributed by atoms with Crippen molar-refractivity contribution in [3.63, 3.8) is 0 Å². The summed E-state index contributed by atoms with van der Waals surface area (Å²) in [6.45, 7) is 10.6. The highest BCUT2D eigenvalue weighted by atomic mass is 32.2. The van der Waals surface area contributed by atoms with Crippen molar-refractivity contribution in [2.75, 3.05) is 6.61 Å². The molecule has 35 heavy (non-hydrogen) atoms. The summed E-state index contributed by atoms with van der Waals surface area (Å²) < 4.78 is 73.6. The first kappa shape index (κ1) is 28.3. The van der Waals surface area contributed by atoms with Gasteiger partial charge in [-0.1, -0.05) is 26.0 Å². The molecular weight excluding hydrogens is 485 g/mol. The van der Waals surface area contributed by atoms with Gasteiger partial charge in [0.25, 0.3) is 0 Å². The van der Waals surface area contributed by atoms with Crippen LogP contribution in [0.4, 0.5) is 13.2 Å². The van der Waals surface area contributed by atoms with Crippen LogP contribution in [0.2, 0.25) is 0 Å². The van der Waals surface area contributed by atoms with Crippen molar-refractivity contribution < 1.29 is 35.9 Å². The number of hydrogen-bond donors (Lipinski definition) is 1. The third-order valence-electron chi connectivity index (χ3n) is 5.29. The quantitative estimate of drug-likeness (QED) is 0.272. The van der Waals surface area contributed by atoms with Gasteiger partial charge in [0, 0.05) is 23.5 Å². The maximum Gasteiger partial charge on any atom is 0.416 e. The Kier molecular flexibility index (Phi) is 9.07. The van der Waals surface area contributed by atoms with Crippen LogP contribution in [0, 0.1) is 19.8 Å². The zero-order valence-electron chi connectivity index (χ0n) is 20.0. The Labute approximate surface area is 203 Å². The van der Waals surface area contributed by atoms with Crippen LogP contribution in [-0.2, 0) is 32.3 Å². The molecule has 1 atom stereocenters. The molecule has 7 nitrogen and oxygen atoms in total. The number of aromatic nitrogens is 1. The topological polar surface area (TPSA) is 94.5 Å². The highest BCUT2D eigenvalue weighted by Gasteiger charge is 2.33. The van der Waals surface area contributed by atoms with E-state index in [1.54, 1.807) is 32.9 Å². The summed E-state index contributed by atoms with van der Waals surface area (Å²) in [5.74, 6) is -1.63. The van der Waals surface area contributed by atoms with Gasteiger partial charge >= 0.3 is 12.1 Å². The molecule has 0 fully saturated rings. The summed E-state index contributed by atoms with van der Waals surface area (Å²) >= 11 is 0. The van der Waals surface area contributed by atoms with Gasteiger partial charge < -0.3 is 9.30 Å². The summed E-state index contributed by atoms with van der Waals surface area (Å²) in [6.07, 6.45) is -3.04. The fourth-order valence-corrected chi connectivity index (χ4v) is 4.81. The van der Waals surface area contributed by atoms with Gasteiger partial charge in [0.1, 0.15) is 6.04 Å². The van der Waals surface area contributed by atoms with E-state index >= 15 is 0 Å². The summed E-state index contributed by atoms with van der Waals surface area (Å²) in [5.41, 5.74) is 0.723. The zero-order valence-corrected chi connectivity index (χ0v) is 20.8. The normalized spacial score (nSPS) is 13.0. The van der Waals surface area contributed by atoms with E-state index in [-0.39, 0.29) is 12.3 Å². The molecule has 0 spiro atoms. The highest BCUT2D eigenvalue weighted by molar-refractivity contribution is 7.89. The SMILES string of the molecule is C=CCn1c(C)cc(C(=O)COC(=O)C(CC(C)C)NS(=O)(=O)c2cccc(C(F)(F)F)c2)c1C. The predicted molar refractivity (Wildman–Crippen MR) is 124 cm³/mol. The molecule has 0 aliphatic carbocycles. The standard InChI is InChI=1S/C24H29F3N2O5S/c1-6-10-29-16(4)12-20(17(29)5)22(30)14-34-23(31)21(11-15(2)3)28-35(32,33)19-9-7-8-18(13-19)24(25,26)27/h6-9,12-13,15,21,28H,1,10-11,14H2,2-5H3. The molecule has 0 amide bonds. The van der Waals surface area contributed by atoms with Crippen LogP contribution in [0.5, 0.6) is 0 Å². The first-order chi connectivity index (χ1) is 16.2. The number of halogens is 3. The number of nitrogens with one attached hydrogen (secondary N) is 1. The third-order valence-corrected chi connectivity index (χ3v) is 6.76. The molecule has 11 heteroatoms. The molecule has 0 aliphatic heterocycles. The number of esters is 1. The predicted octanol–water partition coefficient (Wildman–Crippen LogP) is 4.43. The number of rotatable bonds is 11. The molecule has 1 N–H and O–H groups in total. The Morgan fingerprint density at radius 1 is 1.20 bits per heavy atom. The first-order valence-corrected chi connectivity index (χ1v) is 12.3. The number of ether oxygens (including phenoxy) is 1. The van der Waals surface area contributed by atoms with Gasteiger partial charge in [0.05, 0.1) is 10.5 Å². The molecular formula is C24H29F3N2O5S. The monoisotopic (exact) mass is 514 g/mol. The van der Waals surface area contributed by atoms with Crippen molar-refractivity contribution in [3.05, 3.63) is 65.5 Å². The number of ketones is 1. The average molecular weight is 515 g/mol. The Balaban J connectivity index is 2.19. The van der Waals surface area contributed by atoms with Crippen LogP contribution < -0.4 is 4.72 Å². The van der Waals surface area contributed by atoms with E-state index in [4.69, 9.17) is 4.74 Å². The summed E-state index contributed by atoms with van der Waals surface area (Å²) in [4.78, 5) is 24.7. The van der Waals surface area contributed by atoms with E-state index in [2.05, 4.69) is 11.3 Å². The average Bonchev–Trinajstić information content (AvgIpc) is 3.04. The molecule has 0 saturated heterocycles. The second-order valence-corrected chi connectivity index (χ2v) is 10.3. The lowest BCUT2D eigenvalue weighted by Crippen LogP contribution is -2.43. The fraction of sp³-hybridized carbons (Fsp3) is 0.417. The number of aryl methyl sites for hydroxylation is 1. The molecule has 2 rings (SSSR count). The number of nitrogens with zero attached hydrogens (tertiary/aromatic N) is 1. The number of allylic oxidation sites excluding steroid dienone is 1. The number of alkyl halides is 3. The van der Waals surface area contributed by atoms with Gasteiger partial charge in [-0.05, 0) is 50.5 Å². The van der Waals surface area contributed by atoms with E-state index in [1.807, 2.05) is 11.5 Å². The maximum absolute atomic E-state index is 13.0. The molecule has 0 aliphatic rings. The summed E-state index contributed by atoms with van der Waals surface area (Å²) in [5, 5.41) is 0. The lowest BCUT2D eigenvalue weighted by molar-refractivity contribution is -0.145.